The zero-order chi connectivity index (χ0) is 15.3. The molecule has 0 atom stereocenters. The van der Waals surface area contributed by atoms with Gasteiger partial charge in [0.1, 0.15) is 0 Å². The summed E-state index contributed by atoms with van der Waals surface area (Å²) < 4.78 is 0. The molecule has 0 unspecified atom stereocenters. The molecule has 0 N–H and O–H groups in total. The Labute approximate surface area is 164 Å². The quantitative estimate of drug-likeness (QED) is 0.562. The molecule has 0 aliphatic heterocycles. The van der Waals surface area contributed by atoms with E-state index >= 15 is 0 Å². The third-order valence-electron chi connectivity index (χ3n) is 2.23. The molecule has 0 fully saturated rings. The topological polar surface area (TPSA) is 69.2 Å². The van der Waals surface area contributed by atoms with Crippen LogP contribution in [0.1, 0.15) is 0 Å². The Morgan fingerprint density at radius 3 is 0.636 bits per heavy atom. The van der Waals surface area contributed by atoms with Crippen molar-refractivity contribution < 1.29 is 57.1 Å². The molecule has 0 amide bonds. The van der Waals surface area contributed by atoms with Gasteiger partial charge in [0.2, 0.25) is 0 Å². The summed E-state index contributed by atoms with van der Waals surface area (Å²) in [5.41, 5.74) is 0. The van der Waals surface area contributed by atoms with Gasteiger partial charge in [0.05, 0.1) is 0 Å². The maximum Gasteiger partial charge on any atom is 3.00 e. The average molecular weight is 419 g/mol. The van der Waals surface area contributed by atoms with E-state index in [4.69, 9.17) is 0 Å². The molecule has 3 rings (SSSR count). The van der Waals surface area contributed by atoms with Gasteiger partial charge in [0.15, 0.2) is 0 Å². The normalized spacial score (nSPS) is 8.18. The molecule has 3 aromatic carbocycles. The summed E-state index contributed by atoms with van der Waals surface area (Å²) in [4.78, 5) is 0. The van der Waals surface area contributed by atoms with Crippen LogP contribution in [0.15, 0.2) is 91.0 Å². The Morgan fingerprint density at radius 1 is 0.364 bits per heavy atom. The van der Waals surface area contributed by atoms with E-state index in [2.05, 4.69) is 0 Å². The van der Waals surface area contributed by atoms with Crippen LogP contribution >= 0.6 is 0 Å². The van der Waals surface area contributed by atoms with Crippen molar-refractivity contribution in [2.45, 2.75) is 0 Å². The minimum absolute atomic E-state index is 0. The number of hydrogen-bond donors (Lipinski definition) is 0. The molecule has 0 heterocycles. The van der Waals surface area contributed by atoms with Gasteiger partial charge < -0.3 is 15.3 Å². The fraction of sp³-hybridized carbons (Fsp3) is 0. The van der Waals surface area contributed by atoms with Crippen LogP contribution in [-0.2, 0) is 0 Å². The molecule has 0 spiro atoms. The van der Waals surface area contributed by atoms with Crippen LogP contribution in [-0.4, -0.2) is 0 Å². The number of rotatable bonds is 0. The minimum Gasteiger partial charge on any atom is -0.872 e. The molecular weight excluding hydrogens is 404 g/mol. The van der Waals surface area contributed by atoms with Crippen molar-refractivity contribution in [3.8, 4) is 17.2 Å². The number of benzene rings is 3. The SMILES string of the molecule is [Ce+3].[O-]c1ccccc1.[O-]c1ccccc1.[O-]c1ccccc1. The molecule has 109 valence electrons. The molecule has 3 nitrogen and oxygen atoms in total. The van der Waals surface area contributed by atoms with E-state index in [0.29, 0.717) is 0 Å². The second-order valence-electron chi connectivity index (χ2n) is 3.94. The third-order valence-corrected chi connectivity index (χ3v) is 2.23. The van der Waals surface area contributed by atoms with E-state index in [-0.39, 0.29) is 59.0 Å². The first kappa shape index (κ1) is 20.4. The standard InChI is InChI=1S/3C6H6O.Ce/c3*7-6-4-2-1-3-5-6;/h3*1-5,7H;/q;;;+3/p-3. The fourth-order valence-corrected chi connectivity index (χ4v) is 1.26. The van der Waals surface area contributed by atoms with Crippen molar-refractivity contribution >= 4 is 0 Å². The van der Waals surface area contributed by atoms with Crippen LogP contribution < -0.4 is 15.3 Å². The van der Waals surface area contributed by atoms with E-state index in [9.17, 15) is 15.3 Å². The Balaban J connectivity index is 0.000000294. The summed E-state index contributed by atoms with van der Waals surface area (Å²) in [6.45, 7) is 0. The molecular formula is C18H15CeO3. The summed E-state index contributed by atoms with van der Waals surface area (Å²) in [5, 5.41) is 30.8. The Kier molecular flexibility index (Phi) is 12.2. The van der Waals surface area contributed by atoms with Crippen molar-refractivity contribution in [3.63, 3.8) is 0 Å². The van der Waals surface area contributed by atoms with Gasteiger partial charge in [-0.15, -0.1) is 17.2 Å². The summed E-state index contributed by atoms with van der Waals surface area (Å²) >= 11 is 0. The summed E-state index contributed by atoms with van der Waals surface area (Å²) in [6, 6.07) is 25.0. The van der Waals surface area contributed by atoms with Crippen molar-refractivity contribution in [1.82, 2.24) is 0 Å². The zero-order valence-electron chi connectivity index (χ0n) is 11.9. The van der Waals surface area contributed by atoms with Gasteiger partial charge in [0, 0.05) is 0 Å². The van der Waals surface area contributed by atoms with Crippen LogP contribution in [0.4, 0.5) is 0 Å². The summed E-state index contributed by atoms with van der Waals surface area (Å²) in [7, 11) is 0. The third kappa shape index (κ3) is 11.1. The van der Waals surface area contributed by atoms with Crippen LogP contribution in [0.5, 0.6) is 17.2 Å². The number of hydrogen-bond acceptors (Lipinski definition) is 3. The minimum atomic E-state index is 0. The zero-order valence-corrected chi connectivity index (χ0v) is 15.0. The molecule has 0 saturated heterocycles. The predicted molar refractivity (Wildman–Crippen MR) is 77.7 cm³/mol. The molecule has 22 heavy (non-hydrogen) atoms. The van der Waals surface area contributed by atoms with Crippen molar-refractivity contribution in [1.29, 1.82) is 0 Å². The summed E-state index contributed by atoms with van der Waals surface area (Å²) in [6.07, 6.45) is 0. The second-order valence-corrected chi connectivity index (χ2v) is 3.94. The molecule has 0 aliphatic carbocycles. The molecule has 0 aliphatic rings. The molecule has 0 saturated carbocycles. The van der Waals surface area contributed by atoms with Crippen LogP contribution in [0.25, 0.3) is 0 Å². The van der Waals surface area contributed by atoms with Gasteiger partial charge in [0.25, 0.3) is 0 Å². The Hall–Kier alpha value is -1.56. The van der Waals surface area contributed by atoms with E-state index in [0.717, 1.165) is 0 Å². The molecule has 1 radical (unpaired) electrons. The molecule has 4 heteroatoms. The maximum absolute atomic E-state index is 10.3. The summed E-state index contributed by atoms with van der Waals surface area (Å²) in [5.74, 6) is 0.215. The average Bonchev–Trinajstić information content (AvgIpc) is 2.51. The van der Waals surface area contributed by atoms with E-state index in [1.165, 1.54) is 36.4 Å². The van der Waals surface area contributed by atoms with Crippen molar-refractivity contribution in [2.75, 3.05) is 0 Å². The first-order valence-corrected chi connectivity index (χ1v) is 6.34. The van der Waals surface area contributed by atoms with Gasteiger partial charge in [-0.1, -0.05) is 91.0 Å². The fourth-order valence-electron chi connectivity index (χ4n) is 1.26. The van der Waals surface area contributed by atoms with Crippen LogP contribution in [0.2, 0.25) is 0 Å². The van der Waals surface area contributed by atoms with Crippen LogP contribution in [0.3, 0.4) is 0 Å². The van der Waals surface area contributed by atoms with Gasteiger partial charge in [-0.2, -0.15) is 0 Å². The van der Waals surface area contributed by atoms with E-state index in [1.807, 2.05) is 18.2 Å². The largest absolute Gasteiger partial charge is 3.00 e. The van der Waals surface area contributed by atoms with Crippen LogP contribution in [0, 0.1) is 41.7 Å². The Bertz CT molecular complexity index is 497. The monoisotopic (exact) mass is 419 g/mol. The Morgan fingerprint density at radius 2 is 0.545 bits per heavy atom. The van der Waals surface area contributed by atoms with E-state index in [1.54, 1.807) is 36.4 Å². The maximum atomic E-state index is 10.3. The van der Waals surface area contributed by atoms with E-state index < -0.39 is 0 Å². The van der Waals surface area contributed by atoms with Crippen molar-refractivity contribution in [2.24, 2.45) is 0 Å². The first-order chi connectivity index (χ1) is 10.2. The first-order valence-electron chi connectivity index (χ1n) is 6.34. The molecule has 0 aromatic heterocycles. The molecule has 0 bridgehead atoms. The predicted octanol–water partition coefficient (Wildman–Crippen LogP) is 2.28. The van der Waals surface area contributed by atoms with Crippen molar-refractivity contribution in [3.05, 3.63) is 91.0 Å². The van der Waals surface area contributed by atoms with Gasteiger partial charge in [-0.3, -0.25) is 0 Å². The number of para-hydroxylation sites is 3. The smallest absolute Gasteiger partial charge is 0.872 e. The van der Waals surface area contributed by atoms with Gasteiger partial charge >= 0.3 is 41.7 Å². The molecule has 3 aromatic rings. The van der Waals surface area contributed by atoms with Gasteiger partial charge in [-0.05, 0) is 0 Å². The van der Waals surface area contributed by atoms with Gasteiger partial charge in [-0.25, -0.2) is 0 Å². The second kappa shape index (κ2) is 13.1.